The first-order valence-electron chi connectivity index (χ1n) is 5.89. The van der Waals surface area contributed by atoms with Crippen molar-refractivity contribution in [2.75, 3.05) is 6.54 Å². The van der Waals surface area contributed by atoms with E-state index in [4.69, 9.17) is 0 Å². The van der Waals surface area contributed by atoms with Crippen LogP contribution in [0.5, 0.6) is 0 Å². The van der Waals surface area contributed by atoms with Crippen molar-refractivity contribution in [2.24, 2.45) is 5.92 Å². The van der Waals surface area contributed by atoms with Gasteiger partial charge in [0, 0.05) is 19.4 Å². The summed E-state index contributed by atoms with van der Waals surface area (Å²) >= 11 is 0. The minimum atomic E-state index is 0.153. The maximum absolute atomic E-state index is 11.2. The van der Waals surface area contributed by atoms with Crippen molar-refractivity contribution >= 4 is 5.91 Å². The van der Waals surface area contributed by atoms with Gasteiger partial charge in [-0.1, -0.05) is 39.5 Å². The molecule has 1 rings (SSSR count). The minimum absolute atomic E-state index is 0.153. The molecule has 1 amide bonds. The van der Waals surface area contributed by atoms with E-state index in [0.717, 1.165) is 19.4 Å². The van der Waals surface area contributed by atoms with Crippen LogP contribution >= 0.6 is 0 Å². The van der Waals surface area contributed by atoms with Gasteiger partial charge >= 0.3 is 0 Å². The molecule has 0 aromatic carbocycles. The van der Waals surface area contributed by atoms with Crippen molar-refractivity contribution in [1.29, 1.82) is 0 Å². The maximum atomic E-state index is 11.2. The van der Waals surface area contributed by atoms with Crippen LogP contribution in [0.3, 0.4) is 0 Å². The van der Waals surface area contributed by atoms with E-state index < -0.39 is 0 Å². The molecule has 0 aliphatic carbocycles. The number of hydrogen-bond donors (Lipinski definition) is 0. The Morgan fingerprint density at radius 1 is 1.40 bits per heavy atom. The van der Waals surface area contributed by atoms with E-state index >= 15 is 0 Å². The summed E-state index contributed by atoms with van der Waals surface area (Å²) in [6, 6.07) is 0.180. The van der Waals surface area contributed by atoms with E-state index in [1.54, 1.807) is 6.92 Å². The van der Waals surface area contributed by atoms with Crippen LogP contribution in [-0.4, -0.2) is 23.4 Å². The van der Waals surface area contributed by atoms with Crippen molar-refractivity contribution in [3.05, 3.63) is 0 Å². The lowest BCUT2D eigenvalue weighted by Gasteiger charge is -2.18. The monoisotopic (exact) mass is 209 g/mol. The van der Waals surface area contributed by atoms with Gasteiger partial charge < -0.3 is 4.90 Å². The fraction of sp³-hybridized carbons (Fsp3) is 0.769. The van der Waals surface area contributed by atoms with E-state index in [9.17, 15) is 4.79 Å². The number of rotatable bonds is 0. The molecule has 1 aliphatic rings. The average Bonchev–Trinajstić information content (AvgIpc) is 2.65. The summed E-state index contributed by atoms with van der Waals surface area (Å²) in [6.07, 6.45) is 2.14. The third-order valence-corrected chi connectivity index (χ3v) is 2.20. The topological polar surface area (TPSA) is 20.3 Å². The number of likely N-dealkylation sites (tertiary alicyclic amines) is 1. The smallest absolute Gasteiger partial charge is 0.220 e. The molecule has 0 radical (unpaired) electrons. The Kier molecular flexibility index (Phi) is 6.86. The van der Waals surface area contributed by atoms with Gasteiger partial charge in [-0.3, -0.25) is 4.79 Å². The van der Waals surface area contributed by atoms with Crippen LogP contribution in [0.15, 0.2) is 0 Å². The number of carbonyl (C=O) groups excluding carboxylic acids is 1. The summed E-state index contributed by atoms with van der Waals surface area (Å²) in [4.78, 5) is 13.0. The molecule has 1 atom stereocenters. The highest BCUT2D eigenvalue weighted by Gasteiger charge is 2.24. The number of carbonyl (C=O) groups is 1. The van der Waals surface area contributed by atoms with Gasteiger partial charge in [0.25, 0.3) is 0 Å². The molecular weight excluding hydrogens is 186 g/mol. The Morgan fingerprint density at radius 2 is 2.00 bits per heavy atom. The van der Waals surface area contributed by atoms with Gasteiger partial charge in [-0.15, -0.1) is 0 Å². The van der Waals surface area contributed by atoms with E-state index in [-0.39, 0.29) is 11.9 Å². The molecule has 1 heterocycles. The van der Waals surface area contributed by atoms with Gasteiger partial charge in [-0.05, 0) is 12.8 Å². The predicted octanol–water partition coefficient (Wildman–Crippen LogP) is 2.68. The molecule has 0 aromatic heterocycles. The molecule has 0 aromatic rings. The van der Waals surface area contributed by atoms with Gasteiger partial charge in [-0.2, -0.15) is 0 Å². The van der Waals surface area contributed by atoms with Gasteiger partial charge in [0.2, 0.25) is 5.91 Å². The second-order valence-electron chi connectivity index (χ2n) is 3.81. The first-order valence-corrected chi connectivity index (χ1v) is 5.89. The summed E-state index contributed by atoms with van der Waals surface area (Å²) in [5.74, 6) is 6.85. The minimum Gasteiger partial charge on any atom is -0.329 e. The Bertz CT molecular complexity index is 247. The maximum Gasteiger partial charge on any atom is 0.220 e. The van der Waals surface area contributed by atoms with Crippen LogP contribution in [0.4, 0.5) is 0 Å². The molecule has 2 nitrogen and oxygen atoms in total. The number of hydrogen-bond acceptors (Lipinski definition) is 1. The Hall–Kier alpha value is -0.970. The first kappa shape index (κ1) is 14.0. The van der Waals surface area contributed by atoms with Gasteiger partial charge in [0.15, 0.2) is 0 Å². The number of nitrogens with zero attached hydrogens (tertiary/aromatic N) is 1. The number of amides is 1. The zero-order valence-electron chi connectivity index (χ0n) is 10.6. The summed E-state index contributed by atoms with van der Waals surface area (Å²) < 4.78 is 0. The van der Waals surface area contributed by atoms with Crippen molar-refractivity contribution < 1.29 is 4.79 Å². The lowest BCUT2D eigenvalue weighted by molar-refractivity contribution is -0.128. The molecular formula is C13H23NO. The van der Waals surface area contributed by atoms with Crippen LogP contribution < -0.4 is 0 Å². The van der Waals surface area contributed by atoms with Crippen molar-refractivity contribution in [2.45, 2.75) is 53.5 Å². The fourth-order valence-corrected chi connectivity index (χ4v) is 1.56. The van der Waals surface area contributed by atoms with Gasteiger partial charge in [0.05, 0.1) is 6.04 Å². The Balaban J connectivity index is 0.000000921. The van der Waals surface area contributed by atoms with Crippen molar-refractivity contribution in [3.8, 4) is 11.8 Å². The highest BCUT2D eigenvalue weighted by Crippen LogP contribution is 2.16. The molecule has 1 unspecified atom stereocenters. The third-order valence-electron chi connectivity index (χ3n) is 2.20. The Labute approximate surface area is 94.0 Å². The van der Waals surface area contributed by atoms with Gasteiger partial charge in [-0.25, -0.2) is 0 Å². The average molecular weight is 209 g/mol. The highest BCUT2D eigenvalue weighted by molar-refractivity contribution is 5.74. The lowest BCUT2D eigenvalue weighted by atomic mass is 10.2. The molecule has 1 fully saturated rings. The second-order valence-corrected chi connectivity index (χ2v) is 3.81. The van der Waals surface area contributed by atoms with Crippen LogP contribution in [-0.2, 0) is 4.79 Å². The molecule has 86 valence electrons. The summed E-state index contributed by atoms with van der Waals surface area (Å²) in [5.41, 5.74) is 0. The predicted molar refractivity (Wildman–Crippen MR) is 64.4 cm³/mol. The van der Waals surface area contributed by atoms with E-state index in [2.05, 4.69) is 25.7 Å². The third kappa shape index (κ3) is 4.88. The SMILES string of the molecule is CC.CC(=O)N1CCCC1C#CC(C)C. The Morgan fingerprint density at radius 3 is 2.47 bits per heavy atom. The van der Waals surface area contributed by atoms with Gasteiger partial charge in [0.1, 0.15) is 0 Å². The molecule has 0 spiro atoms. The molecule has 1 aliphatic heterocycles. The van der Waals surface area contributed by atoms with E-state index in [1.807, 2.05) is 18.7 Å². The standard InChI is InChI=1S/C11H17NO.C2H6/c1-9(2)6-7-11-5-4-8-12(11)10(3)13;1-2/h9,11H,4-5,8H2,1-3H3;1-2H3. The van der Waals surface area contributed by atoms with Crippen LogP contribution in [0, 0.1) is 17.8 Å². The van der Waals surface area contributed by atoms with E-state index in [0.29, 0.717) is 5.92 Å². The van der Waals surface area contributed by atoms with Crippen molar-refractivity contribution in [3.63, 3.8) is 0 Å². The highest BCUT2D eigenvalue weighted by atomic mass is 16.2. The zero-order valence-corrected chi connectivity index (χ0v) is 10.6. The molecule has 0 saturated carbocycles. The normalized spacial score (nSPS) is 19.1. The molecule has 1 saturated heterocycles. The quantitative estimate of drug-likeness (QED) is 0.562. The zero-order chi connectivity index (χ0) is 11.8. The fourth-order valence-electron chi connectivity index (χ4n) is 1.56. The molecule has 2 heteroatoms. The van der Waals surface area contributed by atoms with Crippen LogP contribution in [0.1, 0.15) is 47.5 Å². The summed E-state index contributed by atoms with van der Waals surface area (Å²) in [6.45, 7) is 10.6. The van der Waals surface area contributed by atoms with Crippen LogP contribution in [0.25, 0.3) is 0 Å². The first-order chi connectivity index (χ1) is 7.11. The second kappa shape index (κ2) is 7.34. The summed E-state index contributed by atoms with van der Waals surface area (Å²) in [5, 5.41) is 0. The molecule has 0 bridgehead atoms. The lowest BCUT2D eigenvalue weighted by Crippen LogP contribution is -2.32. The largest absolute Gasteiger partial charge is 0.329 e. The molecule has 15 heavy (non-hydrogen) atoms. The van der Waals surface area contributed by atoms with Crippen LogP contribution in [0.2, 0.25) is 0 Å². The molecule has 0 N–H and O–H groups in total. The van der Waals surface area contributed by atoms with Crippen molar-refractivity contribution in [1.82, 2.24) is 4.90 Å². The van der Waals surface area contributed by atoms with E-state index in [1.165, 1.54) is 0 Å². The summed E-state index contributed by atoms with van der Waals surface area (Å²) in [7, 11) is 0.